The molecule has 0 radical (unpaired) electrons. The van der Waals surface area contributed by atoms with Gasteiger partial charge in [0.25, 0.3) is 0 Å². The molecule has 0 heterocycles. The van der Waals surface area contributed by atoms with E-state index < -0.39 is 40.6 Å². The summed E-state index contributed by atoms with van der Waals surface area (Å²) in [6, 6.07) is 11.4. The third-order valence-corrected chi connectivity index (χ3v) is 5.88. The number of carbonyl (C=O) groups excluding carboxylic acids is 1. The van der Waals surface area contributed by atoms with Crippen LogP contribution in [0.1, 0.15) is 30.4 Å². The van der Waals surface area contributed by atoms with Crippen LogP contribution in [-0.4, -0.2) is 23.2 Å². The molecule has 2 aromatic rings. The Labute approximate surface area is 160 Å². The zero-order valence-corrected chi connectivity index (χ0v) is 15.0. The Kier molecular flexibility index (Phi) is 4.33. The lowest BCUT2D eigenvalue weighted by Gasteiger charge is -2.72. The average Bonchev–Trinajstić information content (AvgIpc) is 2.57. The van der Waals surface area contributed by atoms with Gasteiger partial charge >= 0.3 is 12.1 Å². The van der Waals surface area contributed by atoms with Gasteiger partial charge in [-0.05, 0) is 47.9 Å². The second kappa shape index (κ2) is 6.58. The first-order valence-electron chi connectivity index (χ1n) is 8.99. The third-order valence-electron chi connectivity index (χ3n) is 5.88. The van der Waals surface area contributed by atoms with Crippen LogP contribution in [0.2, 0.25) is 0 Å². The van der Waals surface area contributed by atoms with Gasteiger partial charge in [-0.25, -0.2) is 18.4 Å². The third kappa shape index (κ3) is 3.10. The Balaban J connectivity index is 1.39. The standard InChI is InChI=1S/C21H19F2NO4/c22-15-6-14(7-16(23)8-15)20-10-21(11-20,12-20)17(18(25)26)24-19(27)28-9-13-4-2-1-3-5-13/h1-8,17H,9-12H2,(H,24,27)(H,25,26). The van der Waals surface area contributed by atoms with Gasteiger partial charge in [-0.15, -0.1) is 0 Å². The fraction of sp³-hybridized carbons (Fsp3) is 0.333. The number of carboxylic acid groups (broad SMARTS) is 1. The van der Waals surface area contributed by atoms with Gasteiger partial charge in [-0.1, -0.05) is 30.3 Å². The SMILES string of the molecule is O=C(NC(C(=O)O)C12CC(c3cc(F)cc(F)c3)(C1)C2)OCc1ccccc1. The topological polar surface area (TPSA) is 75.6 Å². The fourth-order valence-corrected chi connectivity index (χ4v) is 4.70. The van der Waals surface area contributed by atoms with Crippen LogP contribution in [0.25, 0.3) is 0 Å². The van der Waals surface area contributed by atoms with E-state index in [9.17, 15) is 23.5 Å². The molecule has 1 amide bonds. The van der Waals surface area contributed by atoms with Crippen molar-refractivity contribution in [3.63, 3.8) is 0 Å². The summed E-state index contributed by atoms with van der Waals surface area (Å²) in [7, 11) is 0. The molecule has 0 saturated heterocycles. The minimum atomic E-state index is -1.14. The zero-order valence-electron chi connectivity index (χ0n) is 15.0. The molecule has 5 nitrogen and oxygen atoms in total. The van der Waals surface area contributed by atoms with Crippen LogP contribution >= 0.6 is 0 Å². The molecule has 5 rings (SSSR count). The van der Waals surface area contributed by atoms with Gasteiger partial charge in [0, 0.05) is 11.5 Å². The van der Waals surface area contributed by atoms with E-state index in [1.807, 2.05) is 18.2 Å². The molecule has 146 valence electrons. The molecule has 1 atom stereocenters. The van der Waals surface area contributed by atoms with E-state index in [0.717, 1.165) is 11.6 Å². The Hall–Kier alpha value is -2.96. The predicted octanol–water partition coefficient (Wildman–Crippen LogP) is 3.77. The molecule has 0 aliphatic heterocycles. The highest BCUT2D eigenvalue weighted by Crippen LogP contribution is 2.75. The Morgan fingerprint density at radius 3 is 2.25 bits per heavy atom. The summed E-state index contributed by atoms with van der Waals surface area (Å²) >= 11 is 0. The molecule has 3 fully saturated rings. The van der Waals surface area contributed by atoms with Crippen LogP contribution in [0.5, 0.6) is 0 Å². The van der Waals surface area contributed by atoms with E-state index in [2.05, 4.69) is 5.32 Å². The van der Waals surface area contributed by atoms with Crippen molar-refractivity contribution in [3.8, 4) is 0 Å². The molecular formula is C21H19F2NO4. The van der Waals surface area contributed by atoms with Crippen LogP contribution in [-0.2, 0) is 21.6 Å². The maximum atomic E-state index is 13.5. The van der Waals surface area contributed by atoms with Gasteiger partial charge in [0.2, 0.25) is 0 Å². The van der Waals surface area contributed by atoms with Crippen LogP contribution in [0.4, 0.5) is 13.6 Å². The van der Waals surface area contributed by atoms with Crippen molar-refractivity contribution >= 4 is 12.1 Å². The molecule has 28 heavy (non-hydrogen) atoms. The number of aliphatic carboxylic acids is 1. The first-order chi connectivity index (χ1) is 13.3. The van der Waals surface area contributed by atoms with Crippen molar-refractivity contribution in [2.24, 2.45) is 5.41 Å². The van der Waals surface area contributed by atoms with Gasteiger partial charge in [-0.3, -0.25) is 0 Å². The molecule has 3 aliphatic carbocycles. The zero-order chi connectivity index (χ0) is 19.9. The number of carbonyl (C=O) groups is 2. The quantitative estimate of drug-likeness (QED) is 0.791. The van der Waals surface area contributed by atoms with Crippen LogP contribution in [0.15, 0.2) is 48.5 Å². The highest BCUT2D eigenvalue weighted by molar-refractivity contribution is 5.82. The van der Waals surface area contributed by atoms with Crippen LogP contribution in [0, 0.1) is 17.0 Å². The lowest BCUT2D eigenvalue weighted by molar-refractivity contribution is -0.183. The van der Waals surface area contributed by atoms with Gasteiger partial charge in [0.1, 0.15) is 24.3 Å². The summed E-state index contributed by atoms with van der Waals surface area (Å²) in [4.78, 5) is 23.8. The summed E-state index contributed by atoms with van der Waals surface area (Å²) in [6.45, 7) is 0.0402. The summed E-state index contributed by atoms with van der Waals surface area (Å²) in [5.74, 6) is -2.44. The second-order valence-corrected chi connectivity index (χ2v) is 7.81. The number of nitrogens with one attached hydrogen (secondary N) is 1. The highest BCUT2D eigenvalue weighted by Gasteiger charge is 2.72. The number of alkyl carbamates (subject to hydrolysis) is 1. The van der Waals surface area contributed by atoms with Gasteiger partial charge in [0.05, 0.1) is 0 Å². The smallest absolute Gasteiger partial charge is 0.408 e. The van der Waals surface area contributed by atoms with Crippen molar-refractivity contribution < 1.29 is 28.2 Å². The summed E-state index contributed by atoms with van der Waals surface area (Å²) in [5, 5.41) is 12.0. The molecule has 0 spiro atoms. The van der Waals surface area contributed by atoms with E-state index in [-0.39, 0.29) is 6.61 Å². The molecule has 2 aromatic carbocycles. The van der Waals surface area contributed by atoms with Crippen molar-refractivity contribution in [1.82, 2.24) is 5.32 Å². The highest BCUT2D eigenvalue weighted by atomic mass is 19.1. The molecule has 2 N–H and O–H groups in total. The molecular weight excluding hydrogens is 368 g/mol. The van der Waals surface area contributed by atoms with Crippen LogP contribution < -0.4 is 5.32 Å². The van der Waals surface area contributed by atoms with Gasteiger partial charge in [-0.2, -0.15) is 0 Å². The Bertz CT molecular complexity index is 891. The summed E-state index contributed by atoms with van der Waals surface area (Å²) < 4.78 is 32.1. The minimum Gasteiger partial charge on any atom is -0.480 e. The number of halogens is 2. The van der Waals surface area contributed by atoms with Crippen molar-refractivity contribution in [2.45, 2.75) is 37.3 Å². The van der Waals surface area contributed by atoms with E-state index >= 15 is 0 Å². The lowest BCUT2D eigenvalue weighted by Crippen LogP contribution is -2.73. The largest absolute Gasteiger partial charge is 0.480 e. The number of ether oxygens (including phenoxy) is 1. The number of carboxylic acids is 1. The molecule has 7 heteroatoms. The van der Waals surface area contributed by atoms with Crippen molar-refractivity contribution in [3.05, 3.63) is 71.3 Å². The maximum Gasteiger partial charge on any atom is 0.408 e. The molecule has 3 saturated carbocycles. The number of hydrogen-bond acceptors (Lipinski definition) is 3. The lowest BCUT2D eigenvalue weighted by atomic mass is 9.31. The fourth-order valence-electron chi connectivity index (χ4n) is 4.70. The van der Waals surface area contributed by atoms with E-state index in [0.29, 0.717) is 24.8 Å². The Morgan fingerprint density at radius 1 is 1.07 bits per heavy atom. The number of benzene rings is 2. The molecule has 3 aliphatic rings. The van der Waals surface area contributed by atoms with E-state index in [1.165, 1.54) is 12.1 Å². The van der Waals surface area contributed by atoms with Crippen molar-refractivity contribution in [1.29, 1.82) is 0 Å². The number of hydrogen-bond donors (Lipinski definition) is 2. The van der Waals surface area contributed by atoms with Crippen molar-refractivity contribution in [2.75, 3.05) is 0 Å². The van der Waals surface area contributed by atoms with Crippen LogP contribution in [0.3, 0.4) is 0 Å². The van der Waals surface area contributed by atoms with E-state index in [4.69, 9.17) is 4.74 Å². The molecule has 1 unspecified atom stereocenters. The molecule has 2 bridgehead atoms. The maximum absolute atomic E-state index is 13.5. The summed E-state index contributed by atoms with van der Waals surface area (Å²) in [6.07, 6.45) is 0.572. The minimum absolute atomic E-state index is 0.0402. The second-order valence-electron chi connectivity index (χ2n) is 7.81. The van der Waals surface area contributed by atoms with Gasteiger partial charge in [0.15, 0.2) is 0 Å². The normalized spacial score (nSPS) is 25.8. The summed E-state index contributed by atoms with van der Waals surface area (Å²) in [5.41, 5.74) is 0.317. The number of rotatable bonds is 6. The Morgan fingerprint density at radius 2 is 1.68 bits per heavy atom. The van der Waals surface area contributed by atoms with Gasteiger partial charge < -0.3 is 15.2 Å². The molecule has 0 aromatic heterocycles. The first-order valence-corrected chi connectivity index (χ1v) is 8.99. The predicted molar refractivity (Wildman–Crippen MR) is 95.5 cm³/mol. The monoisotopic (exact) mass is 387 g/mol. The van der Waals surface area contributed by atoms with E-state index in [1.54, 1.807) is 12.1 Å². The first kappa shape index (κ1) is 18.4. The average molecular weight is 387 g/mol. The number of amides is 1.